The second kappa shape index (κ2) is 19.0. The average Bonchev–Trinajstić information content (AvgIpc) is 3.94. The maximum Gasteiger partial charge on any atom is 0.338 e. The van der Waals surface area contributed by atoms with Gasteiger partial charge in [0.15, 0.2) is 11.9 Å². The highest BCUT2D eigenvalue weighted by molar-refractivity contribution is 5.89. The number of rotatable bonds is 18. The van der Waals surface area contributed by atoms with Crippen molar-refractivity contribution in [1.82, 2.24) is 0 Å². The third-order valence-corrected chi connectivity index (χ3v) is 14.2. The monoisotopic (exact) mass is 852 g/mol. The molecule has 6 bridgehead atoms. The lowest BCUT2D eigenvalue weighted by Gasteiger charge is -2.43. The zero-order valence-electron chi connectivity index (χ0n) is 35.7. The van der Waals surface area contributed by atoms with E-state index in [-0.39, 0.29) is 73.4 Å². The molecule has 61 heavy (non-hydrogen) atoms. The van der Waals surface area contributed by atoms with Crippen LogP contribution in [0.2, 0.25) is 0 Å². The van der Waals surface area contributed by atoms with Crippen molar-refractivity contribution < 1.29 is 67.2 Å². The molecule has 8 saturated heterocycles. The van der Waals surface area contributed by atoms with Gasteiger partial charge in [-0.2, -0.15) is 0 Å². The van der Waals surface area contributed by atoms with Crippen molar-refractivity contribution in [2.75, 3.05) is 20.8 Å². The van der Waals surface area contributed by atoms with Gasteiger partial charge in [-0.25, -0.2) is 4.79 Å². The Balaban J connectivity index is 0.870. The van der Waals surface area contributed by atoms with Crippen molar-refractivity contribution >= 4 is 11.9 Å². The summed E-state index contributed by atoms with van der Waals surface area (Å²) in [7, 11) is 2.93. The van der Waals surface area contributed by atoms with Crippen LogP contribution in [0, 0.1) is 11.8 Å². The summed E-state index contributed by atoms with van der Waals surface area (Å²) in [5.41, 5.74) is 2.49. The summed E-state index contributed by atoms with van der Waals surface area (Å²) in [4.78, 5) is 25.8. The fourth-order valence-corrected chi connectivity index (χ4v) is 11.0. The molecule has 336 valence electrons. The van der Waals surface area contributed by atoms with Crippen molar-refractivity contribution in [3.05, 3.63) is 72.9 Å². The summed E-state index contributed by atoms with van der Waals surface area (Å²) >= 11 is 0. The highest BCUT2D eigenvalue weighted by atomic mass is 16.8. The highest BCUT2D eigenvalue weighted by Gasteiger charge is 2.68. The van der Waals surface area contributed by atoms with E-state index in [9.17, 15) is 19.8 Å². The predicted molar refractivity (Wildman–Crippen MR) is 219 cm³/mol. The van der Waals surface area contributed by atoms with Crippen molar-refractivity contribution in [3.8, 4) is 0 Å². The maximum atomic E-state index is 13.3. The molecular formula is C47H64O14. The standard InChI is InChI=1S/C47H64O14/c1-7-11-34-41(59-46(51)28-12-9-8-10-13-28)45-44-43(57-34)42-38(58-44)23-47(60-42,61-45)17-16-31-19-26(3)33(54-31)15-14-30-18-25(2)27(4)35(55-30)22-36-32(21-39(50)52-5)40(53-6)37(56-36)20-29(49)24-48/h7-10,12-13,25,29-38,40-45,48-49H,1,3-4,11,14-24H2,2,5-6H3/t25-,29+,30+,31+,32+,33+,34+,35-,36+,37-,38-,40-,41+,42+,43+,44-,45+,47+/m1/s1. The molecule has 14 nitrogen and oxygen atoms in total. The molecule has 2 N–H and O–H groups in total. The minimum Gasteiger partial charge on any atom is -0.469 e. The van der Waals surface area contributed by atoms with Crippen LogP contribution < -0.4 is 0 Å². The molecule has 8 aliphatic heterocycles. The SMILES string of the molecule is C=CC[C@@H]1O[C@@H]2[C@H]3O[C@@H]4C[C@](CC[C@H]5CC(=C)[C@H](CC[C@H]6C[C@@H](C)C(=C)[C@@H](C[C@@H]7O[C@H](C[C@H](O)CO)[C@H](OC)[C@H]7CC(=O)OC)O6)O5)(O[C@H]3[C@H]1OC(=O)c1ccccc1)O[C@H]24. The Kier molecular flexibility index (Phi) is 13.9. The number of aliphatic hydroxyl groups is 2. The molecule has 0 aromatic heterocycles. The van der Waals surface area contributed by atoms with Gasteiger partial charge in [-0.15, -0.1) is 6.58 Å². The summed E-state index contributed by atoms with van der Waals surface area (Å²) in [6.45, 7) is 14.5. The Morgan fingerprint density at radius 2 is 1.66 bits per heavy atom. The van der Waals surface area contributed by atoms with Crippen molar-refractivity contribution in [3.63, 3.8) is 0 Å². The second-order valence-corrected chi connectivity index (χ2v) is 18.2. The van der Waals surface area contributed by atoms with Crippen LogP contribution in [0.25, 0.3) is 0 Å². The number of carbonyl (C=O) groups excluding carboxylic acids is 2. The Bertz CT molecular complexity index is 1740. The number of esters is 2. The molecule has 0 amide bonds. The number of benzene rings is 1. The molecule has 1 aromatic carbocycles. The van der Waals surface area contributed by atoms with Gasteiger partial charge in [-0.05, 0) is 67.7 Å². The molecule has 18 atom stereocenters. The summed E-state index contributed by atoms with van der Waals surface area (Å²) < 4.78 is 63.6. The molecule has 8 fully saturated rings. The van der Waals surface area contributed by atoms with Gasteiger partial charge in [0.25, 0.3) is 0 Å². The number of hydrogen-bond donors (Lipinski definition) is 2. The van der Waals surface area contributed by atoms with E-state index in [1.54, 1.807) is 37.5 Å². The van der Waals surface area contributed by atoms with Crippen molar-refractivity contribution in [1.29, 1.82) is 0 Å². The average molecular weight is 853 g/mol. The molecule has 0 saturated carbocycles. The van der Waals surface area contributed by atoms with Gasteiger partial charge in [0, 0.05) is 38.7 Å². The first-order chi connectivity index (χ1) is 29.4. The van der Waals surface area contributed by atoms with Crippen LogP contribution in [0.4, 0.5) is 0 Å². The minimum absolute atomic E-state index is 0.0457. The van der Waals surface area contributed by atoms with Gasteiger partial charge in [0.1, 0.15) is 30.5 Å². The molecule has 1 aromatic rings. The number of carbonyl (C=O) groups is 2. The highest BCUT2D eigenvalue weighted by Crippen LogP contribution is 2.53. The van der Waals surface area contributed by atoms with Crippen LogP contribution in [-0.2, 0) is 52.2 Å². The van der Waals surface area contributed by atoms with Crippen LogP contribution >= 0.6 is 0 Å². The van der Waals surface area contributed by atoms with Crippen molar-refractivity contribution in [2.45, 2.75) is 175 Å². The Hall–Kier alpha value is -3.02. The molecule has 0 unspecified atom stereocenters. The lowest BCUT2D eigenvalue weighted by molar-refractivity contribution is -0.272. The smallest absolute Gasteiger partial charge is 0.338 e. The van der Waals surface area contributed by atoms with Gasteiger partial charge < -0.3 is 57.6 Å². The van der Waals surface area contributed by atoms with E-state index >= 15 is 0 Å². The Morgan fingerprint density at radius 1 is 0.902 bits per heavy atom. The third-order valence-electron chi connectivity index (χ3n) is 14.2. The molecular weight excluding hydrogens is 789 g/mol. The predicted octanol–water partition coefficient (Wildman–Crippen LogP) is 4.93. The van der Waals surface area contributed by atoms with Gasteiger partial charge >= 0.3 is 11.9 Å². The number of ether oxygens (including phenoxy) is 10. The first kappa shape index (κ1) is 44.6. The molecule has 0 radical (unpaired) electrons. The number of methoxy groups -OCH3 is 2. The van der Waals surface area contributed by atoms with Crippen LogP contribution in [0.5, 0.6) is 0 Å². The zero-order valence-corrected chi connectivity index (χ0v) is 35.7. The molecule has 8 aliphatic rings. The van der Waals surface area contributed by atoms with E-state index in [1.165, 1.54) is 7.11 Å². The zero-order chi connectivity index (χ0) is 43.0. The lowest BCUT2D eigenvalue weighted by Crippen LogP contribution is -2.59. The topological polar surface area (TPSA) is 167 Å². The fourth-order valence-electron chi connectivity index (χ4n) is 11.0. The molecule has 0 aliphatic carbocycles. The van der Waals surface area contributed by atoms with E-state index < -0.39 is 67.2 Å². The van der Waals surface area contributed by atoms with E-state index in [0.717, 1.165) is 36.8 Å². The minimum atomic E-state index is -0.970. The summed E-state index contributed by atoms with van der Waals surface area (Å²) in [6, 6.07) is 8.92. The van der Waals surface area contributed by atoms with E-state index in [1.807, 2.05) is 6.07 Å². The van der Waals surface area contributed by atoms with Crippen LogP contribution in [0.1, 0.15) is 87.9 Å². The van der Waals surface area contributed by atoms with Crippen LogP contribution in [0.3, 0.4) is 0 Å². The normalized spacial score (nSPS) is 41.8. The van der Waals surface area contributed by atoms with E-state index in [2.05, 4.69) is 26.7 Å². The van der Waals surface area contributed by atoms with E-state index in [4.69, 9.17) is 47.4 Å². The molecule has 9 rings (SSSR count). The number of aliphatic hydroxyl groups excluding tert-OH is 2. The first-order valence-corrected chi connectivity index (χ1v) is 22.2. The summed E-state index contributed by atoms with van der Waals surface area (Å²) in [5, 5.41) is 19.7. The van der Waals surface area contributed by atoms with E-state index in [0.29, 0.717) is 37.7 Å². The quantitative estimate of drug-likeness (QED) is 0.151. The Morgan fingerprint density at radius 3 is 2.39 bits per heavy atom. The maximum absolute atomic E-state index is 13.3. The second-order valence-electron chi connectivity index (χ2n) is 18.2. The molecule has 14 heteroatoms. The number of hydrogen-bond acceptors (Lipinski definition) is 14. The molecule has 8 heterocycles. The lowest BCUT2D eigenvalue weighted by atomic mass is 9.82. The third kappa shape index (κ3) is 9.31. The van der Waals surface area contributed by atoms with Gasteiger partial charge in [-0.1, -0.05) is 44.4 Å². The van der Waals surface area contributed by atoms with Crippen molar-refractivity contribution in [2.24, 2.45) is 11.8 Å². The van der Waals surface area contributed by atoms with Crippen LogP contribution in [-0.4, -0.2) is 140 Å². The fraction of sp³-hybridized carbons (Fsp3) is 0.702. The largest absolute Gasteiger partial charge is 0.469 e. The van der Waals surface area contributed by atoms with Gasteiger partial charge in [0.05, 0.1) is 80.6 Å². The Labute approximate surface area is 358 Å². The summed E-state index contributed by atoms with van der Waals surface area (Å²) in [5.74, 6) is -1.86. The first-order valence-electron chi connectivity index (χ1n) is 22.2. The van der Waals surface area contributed by atoms with Crippen LogP contribution in [0.15, 0.2) is 67.3 Å². The molecule has 0 spiro atoms. The van der Waals surface area contributed by atoms with Gasteiger partial charge in [0.2, 0.25) is 0 Å². The van der Waals surface area contributed by atoms with Gasteiger partial charge in [-0.3, -0.25) is 4.79 Å². The summed E-state index contributed by atoms with van der Waals surface area (Å²) in [6.07, 6.45) is 2.09.